The predicted molar refractivity (Wildman–Crippen MR) is 106 cm³/mol. The molecular formula is C22H31NO5. The Morgan fingerprint density at radius 1 is 1.32 bits per heavy atom. The molecule has 28 heavy (non-hydrogen) atoms. The van der Waals surface area contributed by atoms with Crippen molar-refractivity contribution in [3.63, 3.8) is 0 Å². The van der Waals surface area contributed by atoms with Crippen molar-refractivity contribution in [3.05, 3.63) is 29.3 Å². The van der Waals surface area contributed by atoms with Crippen molar-refractivity contribution in [3.8, 4) is 5.75 Å². The fourth-order valence-electron chi connectivity index (χ4n) is 5.90. The number of esters is 1. The number of phenols is 1. The average Bonchev–Trinajstić information content (AvgIpc) is 2.97. The summed E-state index contributed by atoms with van der Waals surface area (Å²) in [6, 6.07) is 5.57. The minimum absolute atomic E-state index is 0.157. The van der Waals surface area contributed by atoms with Crippen molar-refractivity contribution in [2.45, 2.75) is 64.9 Å². The van der Waals surface area contributed by atoms with Crippen LogP contribution in [0.3, 0.4) is 0 Å². The number of hydrogen-bond acceptors (Lipinski definition) is 6. The minimum Gasteiger partial charge on any atom is -0.508 e. The van der Waals surface area contributed by atoms with E-state index in [2.05, 4.69) is 12.1 Å². The summed E-state index contributed by atoms with van der Waals surface area (Å²) in [5.41, 5.74) is 3.02. The number of phenolic OH excluding ortho intramolecular Hbond substituents is 1. The van der Waals surface area contributed by atoms with Crippen LogP contribution < -0.4 is 0 Å². The Kier molecular flexibility index (Phi) is 5.98. The molecule has 0 aromatic heterocycles. The van der Waals surface area contributed by atoms with Crippen molar-refractivity contribution >= 4 is 11.7 Å². The molecule has 0 heterocycles. The van der Waals surface area contributed by atoms with Crippen LogP contribution in [0.4, 0.5) is 0 Å². The number of carbonyl (C=O) groups excluding carboxylic acids is 1. The van der Waals surface area contributed by atoms with Crippen LogP contribution in [0, 0.1) is 17.3 Å². The van der Waals surface area contributed by atoms with Gasteiger partial charge in [-0.2, -0.15) is 0 Å². The SMILES string of the molecule is CC(=O)OC1CC2(C)C(=NO)CCC2C2CCc3cc(O)ccc3C12.CCO. The van der Waals surface area contributed by atoms with Crippen LogP contribution in [0.25, 0.3) is 0 Å². The zero-order chi connectivity index (χ0) is 20.5. The van der Waals surface area contributed by atoms with E-state index in [0.717, 1.165) is 37.0 Å². The number of benzene rings is 1. The zero-order valence-electron chi connectivity index (χ0n) is 16.9. The van der Waals surface area contributed by atoms with Crippen LogP contribution in [-0.2, 0) is 16.0 Å². The molecule has 0 saturated heterocycles. The maximum atomic E-state index is 11.8. The Balaban J connectivity index is 0.000000706. The van der Waals surface area contributed by atoms with Gasteiger partial charge in [0.15, 0.2) is 0 Å². The molecule has 5 unspecified atom stereocenters. The molecule has 0 radical (unpaired) electrons. The number of hydrogen-bond donors (Lipinski definition) is 3. The molecule has 0 spiro atoms. The van der Waals surface area contributed by atoms with Gasteiger partial charge >= 0.3 is 5.97 Å². The van der Waals surface area contributed by atoms with Gasteiger partial charge in [-0.3, -0.25) is 4.79 Å². The quantitative estimate of drug-likeness (QED) is 0.387. The van der Waals surface area contributed by atoms with Crippen molar-refractivity contribution < 1.29 is 25.0 Å². The van der Waals surface area contributed by atoms with Gasteiger partial charge in [-0.05, 0) is 74.1 Å². The molecule has 1 aromatic rings. The van der Waals surface area contributed by atoms with Gasteiger partial charge in [0, 0.05) is 24.9 Å². The third kappa shape index (κ3) is 3.50. The largest absolute Gasteiger partial charge is 0.508 e. The molecule has 154 valence electrons. The van der Waals surface area contributed by atoms with E-state index in [1.165, 1.54) is 12.5 Å². The van der Waals surface area contributed by atoms with E-state index in [4.69, 9.17) is 9.84 Å². The zero-order valence-corrected chi connectivity index (χ0v) is 16.9. The molecule has 1 aromatic carbocycles. The first-order valence-electron chi connectivity index (χ1n) is 10.2. The highest BCUT2D eigenvalue weighted by atomic mass is 16.5. The van der Waals surface area contributed by atoms with E-state index in [9.17, 15) is 15.1 Å². The number of rotatable bonds is 1. The molecule has 2 fully saturated rings. The molecule has 2 saturated carbocycles. The standard InChI is InChI=1S/C20H25NO4.C2H6O/c1-11(22)25-17-10-20(2)16(7-8-18(20)21-24)15-5-3-12-9-13(23)4-6-14(12)19(15)17;1-2-3/h4,6,9,15-17,19,23-24H,3,5,7-8,10H2,1-2H3;3H,2H2,1H3. The summed E-state index contributed by atoms with van der Waals surface area (Å²) in [6.45, 7) is 5.55. The molecule has 4 rings (SSSR count). The molecule has 6 nitrogen and oxygen atoms in total. The highest BCUT2D eigenvalue weighted by Crippen LogP contribution is 2.60. The Labute approximate surface area is 166 Å². The summed E-state index contributed by atoms with van der Waals surface area (Å²) < 4.78 is 5.78. The van der Waals surface area contributed by atoms with Crippen molar-refractivity contribution in [2.24, 2.45) is 22.4 Å². The normalized spacial score (nSPS) is 34.5. The molecule has 3 aliphatic carbocycles. The van der Waals surface area contributed by atoms with Crippen LogP contribution in [0.5, 0.6) is 5.75 Å². The van der Waals surface area contributed by atoms with Gasteiger partial charge in [-0.25, -0.2) is 0 Å². The van der Waals surface area contributed by atoms with Crippen molar-refractivity contribution in [1.82, 2.24) is 0 Å². The lowest BCUT2D eigenvalue weighted by molar-refractivity contribution is -0.154. The van der Waals surface area contributed by atoms with Gasteiger partial charge in [0.2, 0.25) is 0 Å². The summed E-state index contributed by atoms with van der Waals surface area (Å²) >= 11 is 0. The topological polar surface area (TPSA) is 99.4 Å². The lowest BCUT2D eigenvalue weighted by Crippen LogP contribution is -2.50. The first-order valence-corrected chi connectivity index (χ1v) is 10.2. The third-order valence-corrected chi connectivity index (χ3v) is 6.84. The average molecular weight is 389 g/mol. The minimum atomic E-state index is -0.266. The smallest absolute Gasteiger partial charge is 0.302 e. The van der Waals surface area contributed by atoms with Gasteiger partial charge < -0.3 is 20.2 Å². The molecular weight excluding hydrogens is 358 g/mol. The first-order chi connectivity index (χ1) is 13.3. The van der Waals surface area contributed by atoms with Crippen molar-refractivity contribution in [1.29, 1.82) is 0 Å². The highest BCUT2D eigenvalue weighted by molar-refractivity contribution is 5.92. The maximum Gasteiger partial charge on any atom is 0.302 e. The summed E-state index contributed by atoms with van der Waals surface area (Å²) in [6.07, 6.45) is 4.25. The van der Waals surface area contributed by atoms with Gasteiger partial charge in [-0.15, -0.1) is 0 Å². The fraction of sp³-hybridized carbons (Fsp3) is 0.636. The molecule has 0 amide bonds. The van der Waals surface area contributed by atoms with Gasteiger partial charge in [0.25, 0.3) is 0 Å². The Morgan fingerprint density at radius 2 is 2.04 bits per heavy atom. The van der Waals surface area contributed by atoms with Crippen molar-refractivity contribution in [2.75, 3.05) is 6.61 Å². The number of aliphatic hydroxyl groups excluding tert-OH is 1. The maximum absolute atomic E-state index is 11.8. The Morgan fingerprint density at radius 3 is 2.68 bits per heavy atom. The molecule has 0 bridgehead atoms. The van der Waals surface area contributed by atoms with Gasteiger partial charge in [0.1, 0.15) is 11.9 Å². The van der Waals surface area contributed by atoms with Gasteiger partial charge in [-0.1, -0.05) is 18.1 Å². The number of aromatic hydroxyl groups is 1. The van der Waals surface area contributed by atoms with Crippen LogP contribution >= 0.6 is 0 Å². The molecule has 6 heteroatoms. The third-order valence-electron chi connectivity index (χ3n) is 6.84. The van der Waals surface area contributed by atoms with E-state index in [0.29, 0.717) is 18.3 Å². The van der Waals surface area contributed by atoms with E-state index >= 15 is 0 Å². The molecule has 3 aliphatic rings. The molecule has 3 N–H and O–H groups in total. The summed E-state index contributed by atoms with van der Waals surface area (Å²) in [5.74, 6) is 1.02. The second-order valence-corrected chi connectivity index (χ2v) is 8.39. The summed E-state index contributed by atoms with van der Waals surface area (Å²) in [7, 11) is 0. The Hall–Kier alpha value is -2.08. The number of nitrogens with zero attached hydrogens (tertiary/aromatic N) is 1. The fourth-order valence-corrected chi connectivity index (χ4v) is 5.90. The lowest BCUT2D eigenvalue weighted by atomic mass is 9.54. The van der Waals surface area contributed by atoms with Gasteiger partial charge in [0.05, 0.1) is 5.71 Å². The van der Waals surface area contributed by atoms with Crippen LogP contribution in [-0.4, -0.2) is 39.8 Å². The Bertz CT molecular complexity index is 761. The number of carbonyl (C=O) groups is 1. The second-order valence-electron chi connectivity index (χ2n) is 8.39. The molecule has 0 aliphatic heterocycles. The number of aliphatic hydroxyl groups is 1. The summed E-state index contributed by atoms with van der Waals surface area (Å²) in [5, 5.41) is 30.5. The van der Waals surface area contributed by atoms with E-state index in [1.54, 1.807) is 13.0 Å². The van der Waals surface area contributed by atoms with E-state index in [-0.39, 0.29) is 35.8 Å². The monoisotopic (exact) mass is 389 g/mol. The van der Waals surface area contributed by atoms with Crippen LogP contribution in [0.2, 0.25) is 0 Å². The molecule has 5 atom stereocenters. The van der Waals surface area contributed by atoms with E-state index in [1.807, 2.05) is 12.1 Å². The summed E-state index contributed by atoms with van der Waals surface area (Å²) in [4.78, 5) is 11.8. The van der Waals surface area contributed by atoms with E-state index < -0.39 is 0 Å². The highest BCUT2D eigenvalue weighted by Gasteiger charge is 2.58. The lowest BCUT2D eigenvalue weighted by Gasteiger charge is -2.51. The number of fused-ring (bicyclic) bond motifs is 5. The van der Waals surface area contributed by atoms with Crippen LogP contribution in [0.1, 0.15) is 63.5 Å². The number of oxime groups is 1. The van der Waals surface area contributed by atoms with Crippen LogP contribution in [0.15, 0.2) is 23.4 Å². The predicted octanol–water partition coefficient (Wildman–Crippen LogP) is 3.62. The second kappa shape index (κ2) is 8.11. The number of aryl methyl sites for hydroxylation is 1. The number of ether oxygens (including phenoxy) is 1. The first kappa shape index (κ1) is 20.6.